The molecule has 160 valence electrons. The van der Waals surface area contributed by atoms with Gasteiger partial charge in [0.25, 0.3) is 11.5 Å². The number of aromatic nitrogens is 1. The van der Waals surface area contributed by atoms with Gasteiger partial charge in [-0.15, -0.1) is 11.3 Å². The summed E-state index contributed by atoms with van der Waals surface area (Å²) < 4.78 is 1.05. The molecule has 1 amide bonds. The number of hydrogen-bond donors (Lipinski definition) is 2. The number of pyridine rings is 1. The van der Waals surface area contributed by atoms with Crippen molar-refractivity contribution in [3.63, 3.8) is 0 Å². The second-order valence-corrected chi connectivity index (χ2v) is 9.11. The average Bonchev–Trinajstić information content (AvgIpc) is 3.49. The Morgan fingerprint density at radius 1 is 1.13 bits per heavy atom. The third-order valence-corrected chi connectivity index (χ3v) is 7.28. The first kappa shape index (κ1) is 20.0. The summed E-state index contributed by atoms with van der Waals surface area (Å²) in [7, 11) is 1.65. The fourth-order valence-corrected chi connectivity index (χ4v) is 5.47. The number of fused-ring (bicyclic) bond motifs is 1. The Labute approximate surface area is 185 Å². The Morgan fingerprint density at radius 2 is 1.90 bits per heavy atom. The van der Waals surface area contributed by atoms with E-state index in [1.807, 2.05) is 35.7 Å². The molecule has 0 radical (unpaired) electrons. The van der Waals surface area contributed by atoms with E-state index in [1.165, 1.54) is 5.57 Å². The van der Waals surface area contributed by atoms with Crippen LogP contribution >= 0.6 is 11.3 Å². The lowest BCUT2D eigenvalue weighted by Gasteiger charge is -2.38. The minimum atomic E-state index is -0.0558. The molecule has 3 aromatic rings. The van der Waals surface area contributed by atoms with Gasteiger partial charge in [0, 0.05) is 60.9 Å². The number of allylic oxidation sites excluding steroid dienone is 1. The molecule has 0 spiro atoms. The number of nitrogens with one attached hydrogen (secondary N) is 2. The van der Waals surface area contributed by atoms with Crippen molar-refractivity contribution in [3.05, 3.63) is 69.5 Å². The highest BCUT2D eigenvalue weighted by Gasteiger charge is 2.27. The number of carbonyl (C=O) groups is 1. The average molecular weight is 435 g/mol. The lowest BCUT2D eigenvalue weighted by atomic mass is 10.1. The maximum absolute atomic E-state index is 12.3. The van der Waals surface area contributed by atoms with E-state index in [0.717, 1.165) is 60.5 Å². The van der Waals surface area contributed by atoms with Gasteiger partial charge in [-0.25, -0.2) is 0 Å². The van der Waals surface area contributed by atoms with E-state index >= 15 is 0 Å². The van der Waals surface area contributed by atoms with Gasteiger partial charge < -0.3 is 15.2 Å². The molecule has 31 heavy (non-hydrogen) atoms. The summed E-state index contributed by atoms with van der Waals surface area (Å²) in [5, 5.41) is 5.41. The van der Waals surface area contributed by atoms with Crippen molar-refractivity contribution in [2.75, 3.05) is 38.1 Å². The quantitative estimate of drug-likeness (QED) is 0.661. The van der Waals surface area contributed by atoms with Gasteiger partial charge in [0.15, 0.2) is 0 Å². The molecule has 0 saturated carbocycles. The van der Waals surface area contributed by atoms with Gasteiger partial charge >= 0.3 is 0 Å². The normalized spacial score (nSPS) is 19.6. The van der Waals surface area contributed by atoms with Gasteiger partial charge in [-0.1, -0.05) is 6.08 Å². The number of H-pyrrole nitrogens is 1. The highest BCUT2D eigenvalue weighted by Crippen LogP contribution is 2.32. The number of anilines is 1. The molecule has 5 rings (SSSR count). The molecule has 1 fully saturated rings. The number of piperazine rings is 1. The van der Waals surface area contributed by atoms with Crippen LogP contribution in [0.1, 0.15) is 28.9 Å². The van der Waals surface area contributed by atoms with Crippen LogP contribution in [0.15, 0.2) is 52.6 Å². The van der Waals surface area contributed by atoms with Crippen molar-refractivity contribution in [3.8, 4) is 0 Å². The van der Waals surface area contributed by atoms with Crippen LogP contribution in [0, 0.1) is 0 Å². The second-order valence-electron chi connectivity index (χ2n) is 8.16. The van der Waals surface area contributed by atoms with Crippen LogP contribution in [-0.2, 0) is 0 Å². The molecule has 0 bridgehead atoms. The topological polar surface area (TPSA) is 68.4 Å². The molecular formula is C24H26N4O2S. The molecule has 2 aromatic heterocycles. The van der Waals surface area contributed by atoms with Gasteiger partial charge in [-0.05, 0) is 60.2 Å². The van der Waals surface area contributed by atoms with Crippen LogP contribution < -0.4 is 15.8 Å². The van der Waals surface area contributed by atoms with Crippen LogP contribution in [-0.4, -0.2) is 55.1 Å². The Bertz CT molecular complexity index is 1190. The maximum Gasteiger partial charge on any atom is 0.257 e. The number of thiophene rings is 1. The smallest absolute Gasteiger partial charge is 0.257 e. The van der Waals surface area contributed by atoms with E-state index < -0.39 is 0 Å². The lowest BCUT2D eigenvalue weighted by Crippen LogP contribution is -2.49. The van der Waals surface area contributed by atoms with Gasteiger partial charge in [-0.2, -0.15) is 0 Å². The van der Waals surface area contributed by atoms with Crippen molar-refractivity contribution in [2.24, 2.45) is 0 Å². The Balaban J connectivity index is 1.24. The minimum absolute atomic E-state index is 0.00847. The van der Waals surface area contributed by atoms with Crippen LogP contribution in [0.2, 0.25) is 0 Å². The number of carbonyl (C=O) groups excluding carboxylic acids is 1. The van der Waals surface area contributed by atoms with E-state index in [4.69, 9.17) is 0 Å². The van der Waals surface area contributed by atoms with Crippen molar-refractivity contribution >= 4 is 38.6 Å². The van der Waals surface area contributed by atoms with Crippen LogP contribution in [0.25, 0.3) is 15.7 Å². The van der Waals surface area contributed by atoms with Gasteiger partial charge in [-0.3, -0.25) is 14.5 Å². The third kappa shape index (κ3) is 3.91. The molecule has 2 N–H and O–H groups in total. The maximum atomic E-state index is 12.3. The molecule has 7 heteroatoms. The molecule has 1 unspecified atom stereocenters. The number of rotatable bonds is 4. The van der Waals surface area contributed by atoms with Crippen molar-refractivity contribution < 1.29 is 4.79 Å². The van der Waals surface area contributed by atoms with Crippen molar-refractivity contribution in [1.82, 2.24) is 15.2 Å². The predicted octanol–water partition coefficient (Wildman–Crippen LogP) is 3.32. The van der Waals surface area contributed by atoms with Gasteiger partial charge in [0.2, 0.25) is 0 Å². The molecule has 3 heterocycles. The predicted molar refractivity (Wildman–Crippen MR) is 127 cm³/mol. The van der Waals surface area contributed by atoms with E-state index in [9.17, 15) is 9.59 Å². The van der Waals surface area contributed by atoms with Crippen LogP contribution in [0.5, 0.6) is 0 Å². The first-order chi connectivity index (χ1) is 15.1. The lowest BCUT2D eigenvalue weighted by molar-refractivity contribution is 0.0963. The van der Waals surface area contributed by atoms with E-state index in [-0.39, 0.29) is 11.5 Å². The Hall–Kier alpha value is -2.90. The standard InChI is InChI=1S/C24H26N4O2S/c1-25-23(29)16-2-5-18(6-3-16)27-9-11-28(12-10-27)19-7-4-17(14-19)21-15-22-20(8-13-31-22)24(30)26-21/h2-3,5-6,8,13-15,19H,4,7,9-12H2,1H3,(H,25,29)(H,26,30). The number of benzene rings is 1. The Morgan fingerprint density at radius 3 is 2.65 bits per heavy atom. The van der Waals surface area contributed by atoms with Gasteiger partial charge in [0.1, 0.15) is 0 Å². The summed E-state index contributed by atoms with van der Waals surface area (Å²) in [5.41, 5.74) is 4.08. The molecular weight excluding hydrogens is 408 g/mol. The number of amides is 1. The number of aromatic amines is 1. The molecule has 2 aliphatic rings. The number of hydrogen-bond acceptors (Lipinski definition) is 5. The summed E-state index contributed by atoms with van der Waals surface area (Å²) in [5.74, 6) is -0.0558. The van der Waals surface area contributed by atoms with Crippen molar-refractivity contribution in [2.45, 2.75) is 18.9 Å². The minimum Gasteiger partial charge on any atom is -0.369 e. The van der Waals surface area contributed by atoms with Gasteiger partial charge in [0.05, 0.1) is 5.39 Å². The summed E-state index contributed by atoms with van der Waals surface area (Å²) >= 11 is 1.62. The first-order valence-electron chi connectivity index (χ1n) is 10.7. The molecule has 1 atom stereocenters. The fraction of sp³-hybridized carbons (Fsp3) is 0.333. The zero-order valence-corrected chi connectivity index (χ0v) is 18.4. The summed E-state index contributed by atoms with van der Waals surface area (Å²) in [6, 6.07) is 12.3. The van der Waals surface area contributed by atoms with Crippen LogP contribution in [0.4, 0.5) is 5.69 Å². The molecule has 1 saturated heterocycles. The second kappa shape index (κ2) is 8.32. The van der Waals surface area contributed by atoms with E-state index in [2.05, 4.69) is 32.2 Å². The summed E-state index contributed by atoms with van der Waals surface area (Å²) in [4.78, 5) is 32.1. The zero-order chi connectivity index (χ0) is 21.4. The largest absolute Gasteiger partial charge is 0.369 e. The monoisotopic (exact) mass is 434 g/mol. The summed E-state index contributed by atoms with van der Waals surface area (Å²) in [6.07, 6.45) is 4.44. The summed E-state index contributed by atoms with van der Waals surface area (Å²) in [6.45, 7) is 3.95. The highest BCUT2D eigenvalue weighted by atomic mass is 32.1. The third-order valence-electron chi connectivity index (χ3n) is 6.42. The Kier molecular flexibility index (Phi) is 5.38. The van der Waals surface area contributed by atoms with E-state index in [0.29, 0.717) is 11.6 Å². The molecule has 1 aromatic carbocycles. The number of nitrogens with zero attached hydrogens (tertiary/aromatic N) is 2. The van der Waals surface area contributed by atoms with E-state index in [1.54, 1.807) is 18.4 Å². The molecule has 6 nitrogen and oxygen atoms in total. The van der Waals surface area contributed by atoms with Crippen molar-refractivity contribution in [1.29, 1.82) is 0 Å². The molecule has 1 aliphatic carbocycles. The van der Waals surface area contributed by atoms with Crippen LogP contribution in [0.3, 0.4) is 0 Å². The highest BCUT2D eigenvalue weighted by molar-refractivity contribution is 7.17. The SMILES string of the molecule is CNC(=O)c1ccc(N2CCN(C3C=C(c4cc5sccc5c(=O)[nH]4)CC3)CC2)cc1. The first-order valence-corrected chi connectivity index (χ1v) is 11.6. The molecule has 1 aliphatic heterocycles. The fourth-order valence-electron chi connectivity index (χ4n) is 4.64. The zero-order valence-electron chi connectivity index (χ0n) is 17.6.